The third-order valence-corrected chi connectivity index (χ3v) is 4.15. The molecule has 1 amide bonds. The number of benzene rings is 2. The van der Waals surface area contributed by atoms with E-state index in [4.69, 9.17) is 9.47 Å². The molecule has 2 aromatic carbocycles. The molecule has 4 nitrogen and oxygen atoms in total. The van der Waals surface area contributed by atoms with Crippen molar-refractivity contribution in [1.82, 2.24) is 5.32 Å². The number of carbonyl (C=O) groups excluding carboxylic acids is 1. The Hall–Kier alpha value is -2.49. The molecule has 0 spiro atoms. The maximum atomic E-state index is 12.1. The van der Waals surface area contributed by atoms with Gasteiger partial charge in [-0.15, -0.1) is 0 Å². The Morgan fingerprint density at radius 2 is 2.00 bits per heavy atom. The van der Waals surface area contributed by atoms with E-state index in [9.17, 15) is 4.79 Å². The molecule has 126 valence electrons. The van der Waals surface area contributed by atoms with Crippen molar-refractivity contribution in [1.29, 1.82) is 0 Å². The summed E-state index contributed by atoms with van der Waals surface area (Å²) in [6.07, 6.45) is 0.846. The van der Waals surface area contributed by atoms with Gasteiger partial charge in [0, 0.05) is 18.5 Å². The van der Waals surface area contributed by atoms with Gasteiger partial charge in [0.25, 0.3) is 5.91 Å². The highest BCUT2D eigenvalue weighted by atomic mass is 16.5. The minimum atomic E-state index is -0.227. The summed E-state index contributed by atoms with van der Waals surface area (Å²) in [6, 6.07) is 13.8. The Morgan fingerprint density at radius 3 is 2.79 bits per heavy atom. The van der Waals surface area contributed by atoms with Crippen molar-refractivity contribution in [2.24, 2.45) is 0 Å². The number of nitrogens with one attached hydrogen (secondary N) is 1. The smallest absolute Gasteiger partial charge is 0.258 e. The van der Waals surface area contributed by atoms with Crippen molar-refractivity contribution < 1.29 is 14.3 Å². The number of aryl methyl sites for hydroxylation is 1. The van der Waals surface area contributed by atoms with Gasteiger partial charge in [-0.05, 0) is 38.0 Å². The number of hydrogen-bond acceptors (Lipinski definition) is 3. The van der Waals surface area contributed by atoms with Gasteiger partial charge < -0.3 is 14.8 Å². The van der Waals surface area contributed by atoms with Crippen LogP contribution in [0.1, 0.15) is 30.5 Å². The second-order valence-corrected chi connectivity index (χ2v) is 6.77. The molecule has 0 atom stereocenters. The van der Waals surface area contributed by atoms with E-state index in [0.717, 1.165) is 28.9 Å². The van der Waals surface area contributed by atoms with Crippen LogP contribution in [0.5, 0.6) is 11.5 Å². The molecule has 0 aliphatic carbocycles. The van der Waals surface area contributed by atoms with Crippen molar-refractivity contribution >= 4 is 5.91 Å². The van der Waals surface area contributed by atoms with Gasteiger partial charge in [-0.25, -0.2) is 0 Å². The van der Waals surface area contributed by atoms with E-state index in [1.54, 1.807) is 0 Å². The fraction of sp³-hybridized carbons (Fsp3) is 0.350. The number of fused-ring (bicyclic) bond motifs is 1. The van der Waals surface area contributed by atoms with Crippen LogP contribution in [-0.4, -0.2) is 18.1 Å². The SMILES string of the molecule is Cc1ccccc1CNC(=O)COc1cccc2c1OC(C)(C)C2. The summed E-state index contributed by atoms with van der Waals surface area (Å²) < 4.78 is 11.6. The molecular formula is C20H23NO3. The van der Waals surface area contributed by atoms with E-state index in [0.29, 0.717) is 12.3 Å². The molecule has 1 N–H and O–H groups in total. The van der Waals surface area contributed by atoms with Crippen molar-refractivity contribution in [3.63, 3.8) is 0 Å². The summed E-state index contributed by atoms with van der Waals surface area (Å²) in [7, 11) is 0. The number of ether oxygens (including phenoxy) is 2. The van der Waals surface area contributed by atoms with E-state index in [2.05, 4.69) is 5.32 Å². The van der Waals surface area contributed by atoms with Crippen LogP contribution in [0.2, 0.25) is 0 Å². The zero-order valence-corrected chi connectivity index (χ0v) is 14.4. The minimum Gasteiger partial charge on any atom is -0.483 e. The van der Waals surface area contributed by atoms with Crippen molar-refractivity contribution in [3.8, 4) is 11.5 Å². The highest BCUT2D eigenvalue weighted by molar-refractivity contribution is 5.77. The molecule has 4 heteroatoms. The molecule has 1 heterocycles. The second-order valence-electron chi connectivity index (χ2n) is 6.77. The van der Waals surface area contributed by atoms with Crippen molar-refractivity contribution in [2.45, 2.75) is 39.3 Å². The van der Waals surface area contributed by atoms with Crippen LogP contribution < -0.4 is 14.8 Å². The van der Waals surface area contributed by atoms with E-state index in [-0.39, 0.29) is 18.1 Å². The van der Waals surface area contributed by atoms with Crippen molar-refractivity contribution in [3.05, 3.63) is 59.2 Å². The quantitative estimate of drug-likeness (QED) is 0.916. The zero-order valence-electron chi connectivity index (χ0n) is 14.4. The molecule has 24 heavy (non-hydrogen) atoms. The Morgan fingerprint density at radius 1 is 1.21 bits per heavy atom. The topological polar surface area (TPSA) is 47.6 Å². The van der Waals surface area contributed by atoms with E-state index in [1.807, 2.05) is 63.2 Å². The minimum absolute atomic E-state index is 0.0217. The predicted octanol–water partition coefficient (Wildman–Crippen LogP) is 3.40. The van der Waals surface area contributed by atoms with Gasteiger partial charge in [0.1, 0.15) is 5.60 Å². The number of amides is 1. The number of hydrogen-bond donors (Lipinski definition) is 1. The number of rotatable bonds is 5. The Labute approximate surface area is 142 Å². The lowest BCUT2D eigenvalue weighted by Crippen LogP contribution is -2.28. The van der Waals surface area contributed by atoms with Gasteiger partial charge >= 0.3 is 0 Å². The lowest BCUT2D eigenvalue weighted by atomic mass is 10.0. The lowest BCUT2D eigenvalue weighted by Gasteiger charge is -2.18. The molecule has 0 bridgehead atoms. The van der Waals surface area contributed by atoms with Crippen LogP contribution in [0.15, 0.2) is 42.5 Å². The second kappa shape index (κ2) is 6.56. The Bertz CT molecular complexity index is 752. The normalized spacial score (nSPS) is 14.6. The third-order valence-electron chi connectivity index (χ3n) is 4.15. The third kappa shape index (κ3) is 3.70. The van der Waals surface area contributed by atoms with Crippen LogP contribution in [0.3, 0.4) is 0 Å². The monoisotopic (exact) mass is 325 g/mol. The standard InChI is InChI=1S/C20H23NO3/c1-14-7-4-5-8-16(14)12-21-18(22)13-23-17-10-6-9-15-11-20(2,3)24-19(15)17/h4-10H,11-13H2,1-3H3,(H,21,22). The molecule has 1 aliphatic rings. The van der Waals surface area contributed by atoms with Gasteiger partial charge in [0.05, 0.1) is 0 Å². The van der Waals surface area contributed by atoms with Crippen molar-refractivity contribution in [2.75, 3.05) is 6.61 Å². The summed E-state index contributed by atoms with van der Waals surface area (Å²) in [6.45, 7) is 6.61. The average Bonchev–Trinajstić information content (AvgIpc) is 2.86. The lowest BCUT2D eigenvalue weighted by molar-refractivity contribution is -0.123. The Balaban J connectivity index is 1.56. The van der Waals surface area contributed by atoms with Gasteiger partial charge in [-0.3, -0.25) is 4.79 Å². The first-order valence-electron chi connectivity index (χ1n) is 8.19. The molecule has 0 saturated carbocycles. The fourth-order valence-electron chi connectivity index (χ4n) is 2.90. The molecule has 3 rings (SSSR count). The van der Waals surface area contributed by atoms with Gasteiger partial charge in [-0.1, -0.05) is 36.4 Å². The molecule has 2 aromatic rings. The van der Waals surface area contributed by atoms with Gasteiger partial charge in [-0.2, -0.15) is 0 Å². The number of para-hydroxylation sites is 1. The zero-order chi connectivity index (χ0) is 17.2. The fourth-order valence-corrected chi connectivity index (χ4v) is 2.90. The van der Waals surface area contributed by atoms with E-state index in [1.165, 1.54) is 0 Å². The van der Waals surface area contributed by atoms with Crippen LogP contribution in [0.4, 0.5) is 0 Å². The molecule has 0 radical (unpaired) electrons. The predicted molar refractivity (Wildman–Crippen MR) is 93.4 cm³/mol. The van der Waals surface area contributed by atoms with Crippen LogP contribution in [0, 0.1) is 6.92 Å². The largest absolute Gasteiger partial charge is 0.483 e. The highest BCUT2D eigenvalue weighted by Crippen LogP contribution is 2.41. The summed E-state index contributed by atoms with van der Waals surface area (Å²) in [5.41, 5.74) is 3.17. The first-order valence-corrected chi connectivity index (χ1v) is 8.19. The first kappa shape index (κ1) is 16.4. The summed E-state index contributed by atoms with van der Waals surface area (Å²) in [5, 5.41) is 2.89. The first-order chi connectivity index (χ1) is 11.4. The van der Waals surface area contributed by atoms with E-state index < -0.39 is 0 Å². The van der Waals surface area contributed by atoms with Gasteiger partial charge in [0.2, 0.25) is 0 Å². The van der Waals surface area contributed by atoms with Gasteiger partial charge in [0.15, 0.2) is 18.1 Å². The molecule has 0 aromatic heterocycles. The molecule has 0 saturated heterocycles. The van der Waals surface area contributed by atoms with Crippen LogP contribution >= 0.6 is 0 Å². The summed E-state index contributed by atoms with van der Waals surface area (Å²) in [4.78, 5) is 12.1. The molecule has 0 fully saturated rings. The summed E-state index contributed by atoms with van der Waals surface area (Å²) >= 11 is 0. The highest BCUT2D eigenvalue weighted by Gasteiger charge is 2.32. The number of carbonyl (C=O) groups is 1. The average molecular weight is 325 g/mol. The Kier molecular flexibility index (Phi) is 4.47. The molecule has 0 unspecified atom stereocenters. The molecular weight excluding hydrogens is 302 g/mol. The summed E-state index contributed by atoms with van der Waals surface area (Å²) in [5.74, 6) is 1.24. The van der Waals surface area contributed by atoms with Crippen LogP contribution in [0.25, 0.3) is 0 Å². The molecule has 1 aliphatic heterocycles. The maximum absolute atomic E-state index is 12.1. The van der Waals surface area contributed by atoms with Crippen LogP contribution in [-0.2, 0) is 17.8 Å². The maximum Gasteiger partial charge on any atom is 0.258 e. The van der Waals surface area contributed by atoms with E-state index >= 15 is 0 Å².